The van der Waals surface area contributed by atoms with Crippen LogP contribution in [0.4, 0.5) is 4.39 Å². The van der Waals surface area contributed by atoms with Gasteiger partial charge in [-0.1, -0.05) is 26.0 Å². The monoisotopic (exact) mass is 294 g/mol. The van der Waals surface area contributed by atoms with Crippen LogP contribution in [0, 0.1) is 5.82 Å². The second-order valence-electron chi connectivity index (χ2n) is 4.89. The Morgan fingerprint density at radius 2 is 2.20 bits per heavy atom. The second kappa shape index (κ2) is 6.81. The Morgan fingerprint density at radius 3 is 2.85 bits per heavy atom. The summed E-state index contributed by atoms with van der Waals surface area (Å²) in [5, 5.41) is 3.03. The molecule has 108 valence electrons. The first kappa shape index (κ1) is 14.9. The van der Waals surface area contributed by atoms with Crippen molar-refractivity contribution in [3.63, 3.8) is 0 Å². The third-order valence-corrected chi connectivity index (χ3v) is 4.08. The summed E-state index contributed by atoms with van der Waals surface area (Å²) in [4.78, 5) is 4.48. The van der Waals surface area contributed by atoms with Crippen molar-refractivity contribution >= 4 is 11.3 Å². The van der Waals surface area contributed by atoms with Crippen molar-refractivity contribution in [2.24, 2.45) is 5.73 Å². The lowest BCUT2D eigenvalue weighted by atomic mass is 10.1. The van der Waals surface area contributed by atoms with Crippen LogP contribution in [0.2, 0.25) is 0 Å². The number of aromatic nitrogens is 1. The molecule has 3 nitrogen and oxygen atoms in total. The van der Waals surface area contributed by atoms with Crippen molar-refractivity contribution in [3.8, 4) is 5.75 Å². The molecule has 0 aliphatic carbocycles. The summed E-state index contributed by atoms with van der Waals surface area (Å²) in [6.07, 6.45) is 0.599. The fourth-order valence-corrected chi connectivity index (χ4v) is 2.69. The molecule has 5 heteroatoms. The summed E-state index contributed by atoms with van der Waals surface area (Å²) in [6.45, 7) is 4.94. The lowest BCUT2D eigenvalue weighted by Gasteiger charge is -2.11. The lowest BCUT2D eigenvalue weighted by Crippen LogP contribution is -2.07. The van der Waals surface area contributed by atoms with E-state index in [1.807, 2.05) is 11.4 Å². The molecular weight excluding hydrogens is 275 g/mol. The zero-order valence-electron chi connectivity index (χ0n) is 11.7. The van der Waals surface area contributed by atoms with Gasteiger partial charge in [0.25, 0.3) is 0 Å². The molecular formula is C15H19FN2OS. The molecule has 1 aromatic carbocycles. The first-order valence-corrected chi connectivity index (χ1v) is 7.54. The van der Waals surface area contributed by atoms with Gasteiger partial charge in [0.2, 0.25) is 0 Å². The maximum absolute atomic E-state index is 13.8. The third-order valence-electron chi connectivity index (χ3n) is 2.89. The third kappa shape index (κ3) is 3.55. The highest BCUT2D eigenvalue weighted by atomic mass is 32.1. The van der Waals surface area contributed by atoms with Crippen LogP contribution in [-0.2, 0) is 13.0 Å². The molecule has 0 spiro atoms. The number of nitrogens with zero attached hydrogens (tertiary/aromatic N) is 1. The van der Waals surface area contributed by atoms with Gasteiger partial charge in [-0.05, 0) is 24.6 Å². The first-order valence-electron chi connectivity index (χ1n) is 6.66. The maximum Gasteiger partial charge on any atom is 0.165 e. The number of rotatable bonds is 6. The Kier molecular flexibility index (Phi) is 5.09. The molecule has 0 unspecified atom stereocenters. The Morgan fingerprint density at radius 1 is 1.40 bits per heavy atom. The van der Waals surface area contributed by atoms with E-state index < -0.39 is 0 Å². The quantitative estimate of drug-likeness (QED) is 0.887. The summed E-state index contributed by atoms with van der Waals surface area (Å²) < 4.78 is 19.4. The molecule has 0 radical (unpaired) electrons. The standard InChI is InChI=1S/C15H19FN2OS/c1-10(2)15-18-12(9-20-15)8-19-14-11(6-7-17)4-3-5-13(14)16/h3-5,9-10H,6-8,17H2,1-2H3. The van der Waals surface area contributed by atoms with Crippen molar-refractivity contribution in [3.05, 3.63) is 45.7 Å². The largest absolute Gasteiger partial charge is 0.484 e. The van der Waals surface area contributed by atoms with E-state index >= 15 is 0 Å². The molecule has 0 bridgehead atoms. The van der Waals surface area contributed by atoms with Crippen LogP contribution in [0.15, 0.2) is 23.6 Å². The van der Waals surface area contributed by atoms with Crippen molar-refractivity contribution in [2.75, 3.05) is 6.54 Å². The van der Waals surface area contributed by atoms with Crippen molar-refractivity contribution in [1.29, 1.82) is 0 Å². The predicted molar refractivity (Wildman–Crippen MR) is 79.7 cm³/mol. The van der Waals surface area contributed by atoms with E-state index in [9.17, 15) is 4.39 Å². The molecule has 0 saturated carbocycles. The topological polar surface area (TPSA) is 48.1 Å². The van der Waals surface area contributed by atoms with Gasteiger partial charge in [-0.2, -0.15) is 0 Å². The summed E-state index contributed by atoms with van der Waals surface area (Å²) in [5.74, 6) is 0.335. The first-order chi connectivity index (χ1) is 9.61. The van der Waals surface area contributed by atoms with Gasteiger partial charge in [0.1, 0.15) is 6.61 Å². The number of thiazole rings is 1. The van der Waals surface area contributed by atoms with Gasteiger partial charge in [0.15, 0.2) is 11.6 Å². The molecule has 0 atom stereocenters. The van der Waals surface area contributed by atoms with E-state index in [1.54, 1.807) is 17.4 Å². The zero-order chi connectivity index (χ0) is 14.5. The van der Waals surface area contributed by atoms with Crippen molar-refractivity contribution in [1.82, 2.24) is 4.98 Å². The summed E-state index contributed by atoms with van der Waals surface area (Å²) >= 11 is 1.61. The van der Waals surface area contributed by atoms with Crippen LogP contribution in [0.1, 0.15) is 36.0 Å². The molecule has 0 aliphatic heterocycles. The number of para-hydroxylation sites is 1. The minimum Gasteiger partial charge on any atom is -0.484 e. The molecule has 2 N–H and O–H groups in total. The zero-order valence-corrected chi connectivity index (χ0v) is 12.5. The smallest absolute Gasteiger partial charge is 0.165 e. The van der Waals surface area contributed by atoms with Gasteiger partial charge in [-0.25, -0.2) is 9.37 Å². The fourth-order valence-electron chi connectivity index (χ4n) is 1.87. The second-order valence-corrected chi connectivity index (χ2v) is 5.78. The van der Waals surface area contributed by atoms with E-state index in [-0.39, 0.29) is 18.2 Å². The van der Waals surface area contributed by atoms with Gasteiger partial charge in [-0.3, -0.25) is 0 Å². The highest BCUT2D eigenvalue weighted by Gasteiger charge is 2.11. The van der Waals surface area contributed by atoms with Crippen LogP contribution < -0.4 is 10.5 Å². The number of ether oxygens (including phenoxy) is 1. The van der Waals surface area contributed by atoms with Crippen LogP contribution in [-0.4, -0.2) is 11.5 Å². The molecule has 0 saturated heterocycles. The molecule has 2 rings (SSSR count). The van der Waals surface area contributed by atoms with Crippen molar-refractivity contribution in [2.45, 2.75) is 32.8 Å². The minimum absolute atomic E-state index is 0.279. The molecule has 1 heterocycles. The molecule has 20 heavy (non-hydrogen) atoms. The fraction of sp³-hybridized carbons (Fsp3) is 0.400. The minimum atomic E-state index is -0.352. The van der Waals surface area contributed by atoms with Crippen LogP contribution in [0.25, 0.3) is 0 Å². The molecule has 1 aromatic heterocycles. The molecule has 2 aromatic rings. The van der Waals surface area contributed by atoms with Crippen LogP contribution in [0.5, 0.6) is 5.75 Å². The van der Waals surface area contributed by atoms with Crippen LogP contribution >= 0.6 is 11.3 Å². The van der Waals surface area contributed by atoms with E-state index in [1.165, 1.54) is 6.07 Å². The summed E-state index contributed by atoms with van der Waals surface area (Å²) in [5.41, 5.74) is 7.17. The number of hydrogen-bond donors (Lipinski definition) is 1. The Bertz CT molecular complexity index is 569. The lowest BCUT2D eigenvalue weighted by molar-refractivity contribution is 0.283. The SMILES string of the molecule is CC(C)c1nc(COc2c(F)cccc2CCN)cs1. The predicted octanol–water partition coefficient (Wildman–Crippen LogP) is 3.49. The van der Waals surface area contributed by atoms with Crippen LogP contribution in [0.3, 0.4) is 0 Å². The van der Waals surface area contributed by atoms with Gasteiger partial charge < -0.3 is 10.5 Å². The normalized spacial score (nSPS) is 11.1. The van der Waals surface area contributed by atoms with Gasteiger partial charge >= 0.3 is 0 Å². The average molecular weight is 294 g/mol. The molecule has 0 aliphatic rings. The Balaban J connectivity index is 2.09. The van der Waals surface area contributed by atoms with E-state index in [0.29, 0.717) is 18.9 Å². The number of halogens is 1. The average Bonchev–Trinajstić information content (AvgIpc) is 2.87. The van der Waals surface area contributed by atoms with Crippen molar-refractivity contribution < 1.29 is 9.13 Å². The number of nitrogens with two attached hydrogens (primary N) is 1. The van der Waals surface area contributed by atoms with Gasteiger partial charge in [0.05, 0.1) is 10.7 Å². The summed E-state index contributed by atoms with van der Waals surface area (Å²) in [7, 11) is 0. The van der Waals surface area contributed by atoms with Gasteiger partial charge in [-0.15, -0.1) is 11.3 Å². The number of benzene rings is 1. The van der Waals surface area contributed by atoms with E-state index in [2.05, 4.69) is 18.8 Å². The highest BCUT2D eigenvalue weighted by Crippen LogP contribution is 2.25. The summed E-state index contributed by atoms with van der Waals surface area (Å²) in [6, 6.07) is 4.91. The Hall–Kier alpha value is -1.46. The maximum atomic E-state index is 13.8. The Labute approximate surface area is 122 Å². The highest BCUT2D eigenvalue weighted by molar-refractivity contribution is 7.09. The van der Waals surface area contributed by atoms with E-state index in [4.69, 9.17) is 10.5 Å². The molecule has 0 amide bonds. The number of hydrogen-bond acceptors (Lipinski definition) is 4. The molecule has 0 fully saturated rings. The van der Waals surface area contributed by atoms with Gasteiger partial charge in [0, 0.05) is 11.3 Å². The van der Waals surface area contributed by atoms with E-state index in [0.717, 1.165) is 16.3 Å².